The molecule has 0 fully saturated rings. The number of hydrogen-bond acceptors (Lipinski definition) is 4. The summed E-state index contributed by atoms with van der Waals surface area (Å²) in [6.07, 6.45) is 0.0357. The van der Waals surface area contributed by atoms with Crippen LogP contribution in [0.15, 0.2) is 51.7 Å². The number of aromatic nitrogens is 2. The van der Waals surface area contributed by atoms with Crippen molar-refractivity contribution in [2.45, 2.75) is 26.8 Å². The van der Waals surface area contributed by atoms with Crippen molar-refractivity contribution in [3.8, 4) is 0 Å². The van der Waals surface area contributed by atoms with E-state index >= 15 is 0 Å². The van der Waals surface area contributed by atoms with Crippen molar-refractivity contribution in [3.63, 3.8) is 0 Å². The number of esters is 1. The second-order valence-corrected chi connectivity index (χ2v) is 6.92. The van der Waals surface area contributed by atoms with Crippen LogP contribution in [0.3, 0.4) is 0 Å². The Hall–Kier alpha value is -2.47. The van der Waals surface area contributed by atoms with Crippen molar-refractivity contribution in [1.29, 1.82) is 0 Å². The number of carbonyl (C=O) groups is 1. The molecule has 6 heteroatoms. The fourth-order valence-corrected chi connectivity index (χ4v) is 3.37. The predicted molar refractivity (Wildman–Crippen MR) is 104 cm³/mol. The van der Waals surface area contributed by atoms with Crippen LogP contribution in [-0.2, 0) is 22.5 Å². The van der Waals surface area contributed by atoms with Crippen LogP contribution in [0.1, 0.15) is 23.7 Å². The van der Waals surface area contributed by atoms with Gasteiger partial charge < -0.3 is 4.74 Å². The molecule has 26 heavy (non-hydrogen) atoms. The maximum atomic E-state index is 12.8. The van der Waals surface area contributed by atoms with E-state index in [9.17, 15) is 9.59 Å². The van der Waals surface area contributed by atoms with Crippen LogP contribution < -0.4 is 5.56 Å². The lowest BCUT2D eigenvalue weighted by molar-refractivity contribution is -0.142. The van der Waals surface area contributed by atoms with Gasteiger partial charge in [-0.15, -0.1) is 0 Å². The fraction of sp³-hybridized carbons (Fsp3) is 0.250. The van der Waals surface area contributed by atoms with Crippen molar-refractivity contribution in [2.75, 3.05) is 6.61 Å². The first kappa shape index (κ1) is 18.3. The molecule has 2 aromatic carbocycles. The Kier molecular flexibility index (Phi) is 5.52. The summed E-state index contributed by atoms with van der Waals surface area (Å²) in [5, 5.41) is 5.71. The zero-order valence-corrected chi connectivity index (χ0v) is 16.2. The van der Waals surface area contributed by atoms with E-state index in [1.807, 2.05) is 43.3 Å². The average molecular weight is 415 g/mol. The van der Waals surface area contributed by atoms with E-state index in [0.29, 0.717) is 29.6 Å². The van der Waals surface area contributed by atoms with E-state index in [2.05, 4.69) is 21.0 Å². The van der Waals surface area contributed by atoms with Gasteiger partial charge in [-0.25, -0.2) is 4.68 Å². The number of benzene rings is 2. The second kappa shape index (κ2) is 7.83. The first-order chi connectivity index (χ1) is 12.5. The lowest BCUT2D eigenvalue weighted by Gasteiger charge is -2.12. The zero-order valence-electron chi connectivity index (χ0n) is 14.7. The number of rotatable bonds is 5. The van der Waals surface area contributed by atoms with Crippen molar-refractivity contribution in [1.82, 2.24) is 9.78 Å². The third-order valence-corrected chi connectivity index (χ3v) is 4.68. The molecule has 1 aromatic heterocycles. The molecule has 134 valence electrons. The maximum Gasteiger partial charge on any atom is 0.311 e. The minimum atomic E-state index is -0.352. The van der Waals surface area contributed by atoms with Gasteiger partial charge in [-0.3, -0.25) is 9.59 Å². The average Bonchev–Trinajstić information content (AvgIpc) is 2.61. The summed E-state index contributed by atoms with van der Waals surface area (Å²) < 4.78 is 7.45. The molecule has 0 spiro atoms. The minimum absolute atomic E-state index is 0.0357. The minimum Gasteiger partial charge on any atom is -0.466 e. The van der Waals surface area contributed by atoms with E-state index in [1.54, 1.807) is 13.0 Å². The van der Waals surface area contributed by atoms with Gasteiger partial charge in [-0.05, 0) is 43.2 Å². The predicted octanol–water partition coefficient (Wildman–Crippen LogP) is 3.62. The molecule has 0 saturated heterocycles. The number of halogens is 1. The molecule has 3 aromatic rings. The second-order valence-electron chi connectivity index (χ2n) is 6.01. The van der Waals surface area contributed by atoms with Gasteiger partial charge in [0, 0.05) is 9.86 Å². The zero-order chi connectivity index (χ0) is 18.7. The third-order valence-electron chi connectivity index (χ3n) is 4.19. The topological polar surface area (TPSA) is 61.2 Å². The van der Waals surface area contributed by atoms with Gasteiger partial charge in [0.2, 0.25) is 0 Å². The molecule has 0 bridgehead atoms. The molecule has 0 N–H and O–H groups in total. The van der Waals surface area contributed by atoms with Gasteiger partial charge in [0.1, 0.15) is 0 Å². The monoisotopic (exact) mass is 414 g/mol. The van der Waals surface area contributed by atoms with Crippen molar-refractivity contribution >= 4 is 32.7 Å². The number of carbonyl (C=O) groups excluding carboxylic acids is 1. The van der Waals surface area contributed by atoms with Gasteiger partial charge >= 0.3 is 5.97 Å². The molecule has 0 unspecified atom stereocenters. The van der Waals surface area contributed by atoms with E-state index < -0.39 is 0 Å². The summed E-state index contributed by atoms with van der Waals surface area (Å²) >= 11 is 3.45. The number of aryl methyl sites for hydroxylation is 1. The molecule has 5 nitrogen and oxygen atoms in total. The Morgan fingerprint density at radius 3 is 2.62 bits per heavy atom. The lowest BCUT2D eigenvalue weighted by Crippen LogP contribution is -2.26. The Balaban J connectivity index is 2.09. The van der Waals surface area contributed by atoms with Crippen LogP contribution in [0.2, 0.25) is 0 Å². The SMILES string of the molecule is CCOC(=O)Cc1nn(Cc2ccc(Br)cc2C)c(=O)c2ccccc12. The van der Waals surface area contributed by atoms with E-state index in [4.69, 9.17) is 4.74 Å². The fourth-order valence-electron chi connectivity index (χ4n) is 2.89. The summed E-state index contributed by atoms with van der Waals surface area (Å²) in [4.78, 5) is 24.8. The molecule has 3 rings (SSSR count). The molecular formula is C20H19BrN2O3. The molecule has 0 aliphatic carbocycles. The number of hydrogen-bond donors (Lipinski definition) is 0. The molecule has 0 radical (unpaired) electrons. The Labute approximate surface area is 159 Å². The smallest absolute Gasteiger partial charge is 0.311 e. The molecule has 0 saturated carbocycles. The van der Waals surface area contributed by atoms with Gasteiger partial charge in [0.15, 0.2) is 0 Å². The van der Waals surface area contributed by atoms with Crippen LogP contribution in [0, 0.1) is 6.92 Å². The highest BCUT2D eigenvalue weighted by Gasteiger charge is 2.15. The third kappa shape index (κ3) is 3.85. The molecular weight excluding hydrogens is 396 g/mol. The summed E-state index contributed by atoms with van der Waals surface area (Å²) in [6, 6.07) is 13.1. The first-order valence-electron chi connectivity index (χ1n) is 8.39. The summed E-state index contributed by atoms with van der Waals surface area (Å²) in [7, 11) is 0. The molecule has 0 aliphatic heterocycles. The van der Waals surface area contributed by atoms with Crippen LogP contribution in [0.5, 0.6) is 0 Å². The highest BCUT2D eigenvalue weighted by Crippen LogP contribution is 2.18. The van der Waals surface area contributed by atoms with Crippen LogP contribution in [0.25, 0.3) is 10.8 Å². The molecule has 1 heterocycles. The normalized spacial score (nSPS) is 10.9. The van der Waals surface area contributed by atoms with Crippen LogP contribution >= 0.6 is 15.9 Å². The molecule has 0 atom stereocenters. The van der Waals surface area contributed by atoms with Crippen LogP contribution in [-0.4, -0.2) is 22.4 Å². The van der Waals surface area contributed by atoms with E-state index in [-0.39, 0.29) is 17.9 Å². The quantitative estimate of drug-likeness (QED) is 0.598. The standard InChI is InChI=1S/C20H19BrN2O3/c1-3-26-19(24)11-18-16-6-4-5-7-17(16)20(25)23(22-18)12-14-8-9-15(21)10-13(14)2/h4-10H,3,11-12H2,1-2H3. The van der Waals surface area contributed by atoms with Gasteiger partial charge in [0.25, 0.3) is 5.56 Å². The molecule has 0 amide bonds. The van der Waals surface area contributed by atoms with E-state index in [1.165, 1.54) is 4.68 Å². The summed E-state index contributed by atoms with van der Waals surface area (Å²) in [6.45, 7) is 4.42. The summed E-state index contributed by atoms with van der Waals surface area (Å²) in [5.41, 5.74) is 2.44. The van der Waals surface area contributed by atoms with Gasteiger partial charge in [0.05, 0.1) is 30.7 Å². The van der Waals surface area contributed by atoms with Crippen LogP contribution in [0.4, 0.5) is 0 Å². The largest absolute Gasteiger partial charge is 0.466 e. The van der Waals surface area contributed by atoms with Gasteiger partial charge in [-0.1, -0.05) is 40.2 Å². The number of fused-ring (bicyclic) bond motifs is 1. The van der Waals surface area contributed by atoms with Crippen molar-refractivity contribution in [2.24, 2.45) is 0 Å². The van der Waals surface area contributed by atoms with E-state index in [0.717, 1.165) is 15.6 Å². The maximum absolute atomic E-state index is 12.8. The molecule has 0 aliphatic rings. The highest BCUT2D eigenvalue weighted by molar-refractivity contribution is 9.10. The van der Waals surface area contributed by atoms with Crippen molar-refractivity contribution in [3.05, 3.63) is 74.1 Å². The number of ether oxygens (including phenoxy) is 1. The highest BCUT2D eigenvalue weighted by atomic mass is 79.9. The van der Waals surface area contributed by atoms with Gasteiger partial charge in [-0.2, -0.15) is 5.10 Å². The Morgan fingerprint density at radius 1 is 1.19 bits per heavy atom. The Morgan fingerprint density at radius 2 is 1.92 bits per heavy atom. The number of nitrogens with zero attached hydrogens (tertiary/aromatic N) is 2. The summed E-state index contributed by atoms with van der Waals surface area (Å²) in [5.74, 6) is -0.352. The Bertz CT molecular complexity index is 1030. The first-order valence-corrected chi connectivity index (χ1v) is 9.18. The lowest BCUT2D eigenvalue weighted by atomic mass is 10.1. The van der Waals surface area contributed by atoms with Crippen molar-refractivity contribution < 1.29 is 9.53 Å².